The van der Waals surface area contributed by atoms with Gasteiger partial charge in [-0.1, -0.05) is 12.1 Å². The van der Waals surface area contributed by atoms with E-state index in [4.69, 9.17) is 13.6 Å². The van der Waals surface area contributed by atoms with Crippen molar-refractivity contribution in [1.82, 2.24) is 10.2 Å². The van der Waals surface area contributed by atoms with Gasteiger partial charge in [0.15, 0.2) is 18.2 Å². The summed E-state index contributed by atoms with van der Waals surface area (Å²) in [5.74, 6) is 0.216. The Balaban J connectivity index is 1.47. The van der Waals surface area contributed by atoms with E-state index in [0.717, 1.165) is 11.1 Å². The highest BCUT2D eigenvalue weighted by atomic mass is 16.5. The van der Waals surface area contributed by atoms with Crippen LogP contribution in [0.15, 0.2) is 45.4 Å². The van der Waals surface area contributed by atoms with Crippen LogP contribution in [0.1, 0.15) is 40.2 Å². The average Bonchev–Trinajstić information content (AvgIpc) is 3.31. The molecule has 134 valence electrons. The maximum atomic E-state index is 12.2. The maximum absolute atomic E-state index is 12.2. The van der Waals surface area contributed by atoms with E-state index in [9.17, 15) is 9.59 Å². The van der Waals surface area contributed by atoms with Gasteiger partial charge in [-0.3, -0.25) is 9.59 Å². The van der Waals surface area contributed by atoms with Gasteiger partial charge in [0.2, 0.25) is 0 Å². The number of nitrogens with zero attached hydrogens (tertiary/aromatic N) is 2. The number of aryl methyl sites for hydroxylation is 2. The number of benzene rings is 1. The van der Waals surface area contributed by atoms with Crippen molar-refractivity contribution in [3.8, 4) is 11.7 Å². The molecule has 0 aliphatic heterocycles. The second kappa shape index (κ2) is 7.77. The fourth-order valence-corrected chi connectivity index (χ4v) is 2.30. The van der Waals surface area contributed by atoms with Crippen LogP contribution in [0, 0.1) is 13.8 Å². The predicted octanol–water partition coefficient (Wildman–Crippen LogP) is 3.65. The minimum atomic E-state index is -0.500. The molecule has 7 heteroatoms. The topological polar surface area (TPSA) is 95.4 Å². The second-order valence-electron chi connectivity index (χ2n) is 5.86. The van der Waals surface area contributed by atoms with Crippen LogP contribution >= 0.6 is 0 Å². The van der Waals surface area contributed by atoms with Crippen LogP contribution in [0.5, 0.6) is 0 Å². The highest BCUT2D eigenvalue weighted by Gasteiger charge is 2.14. The van der Waals surface area contributed by atoms with Crippen molar-refractivity contribution >= 4 is 11.8 Å². The van der Waals surface area contributed by atoms with E-state index < -0.39 is 5.97 Å². The highest BCUT2D eigenvalue weighted by molar-refractivity contribution is 5.97. The molecular weight excluding hydrogens is 336 g/mol. The van der Waals surface area contributed by atoms with Gasteiger partial charge in [-0.25, -0.2) is 0 Å². The van der Waals surface area contributed by atoms with Crippen molar-refractivity contribution in [2.45, 2.75) is 33.3 Å². The largest absolute Gasteiger partial charge is 0.459 e. The van der Waals surface area contributed by atoms with Crippen LogP contribution in [0.3, 0.4) is 0 Å². The van der Waals surface area contributed by atoms with Crippen molar-refractivity contribution in [3.63, 3.8) is 0 Å². The summed E-state index contributed by atoms with van der Waals surface area (Å²) in [6.07, 6.45) is 1.57. The predicted molar refractivity (Wildman–Crippen MR) is 91.3 cm³/mol. The molecule has 0 unspecified atom stereocenters. The van der Waals surface area contributed by atoms with Gasteiger partial charge in [-0.15, -0.1) is 10.2 Å². The lowest BCUT2D eigenvalue weighted by atomic mass is 10.0. The van der Waals surface area contributed by atoms with E-state index in [-0.39, 0.29) is 37.0 Å². The Hall–Kier alpha value is -3.22. The molecule has 0 aliphatic carbocycles. The summed E-state index contributed by atoms with van der Waals surface area (Å²) in [4.78, 5) is 24.0. The van der Waals surface area contributed by atoms with Crippen LogP contribution in [-0.2, 0) is 16.1 Å². The summed E-state index contributed by atoms with van der Waals surface area (Å²) < 4.78 is 15.5. The summed E-state index contributed by atoms with van der Waals surface area (Å²) >= 11 is 0. The number of carbonyl (C=O) groups excluding carboxylic acids is 2. The number of ether oxygens (including phenoxy) is 1. The Morgan fingerprint density at radius 2 is 1.92 bits per heavy atom. The molecule has 0 bridgehead atoms. The van der Waals surface area contributed by atoms with E-state index in [1.165, 1.54) is 6.26 Å². The van der Waals surface area contributed by atoms with Gasteiger partial charge < -0.3 is 13.6 Å². The lowest BCUT2D eigenvalue weighted by molar-refractivity contribution is -0.145. The third-order valence-corrected chi connectivity index (χ3v) is 3.94. The quantitative estimate of drug-likeness (QED) is 0.472. The number of esters is 1. The lowest BCUT2D eigenvalue weighted by Gasteiger charge is -2.05. The van der Waals surface area contributed by atoms with Crippen LogP contribution in [-0.4, -0.2) is 21.9 Å². The molecule has 1 aromatic carbocycles. The number of ketones is 1. The molecule has 26 heavy (non-hydrogen) atoms. The van der Waals surface area contributed by atoms with Gasteiger partial charge in [0, 0.05) is 12.0 Å². The minimum absolute atomic E-state index is 0.00899. The van der Waals surface area contributed by atoms with Crippen molar-refractivity contribution in [1.29, 1.82) is 0 Å². The number of hydrogen-bond acceptors (Lipinski definition) is 7. The number of aromatic nitrogens is 2. The molecule has 7 nitrogen and oxygen atoms in total. The Morgan fingerprint density at radius 1 is 1.08 bits per heavy atom. The molecule has 0 amide bonds. The zero-order valence-corrected chi connectivity index (χ0v) is 14.5. The minimum Gasteiger partial charge on any atom is -0.459 e. The fourth-order valence-electron chi connectivity index (χ4n) is 2.30. The first kappa shape index (κ1) is 17.6. The molecule has 2 heterocycles. The SMILES string of the molecule is Cc1ccc(C(=O)CCC(=O)OCc2nnc(-c3ccco3)o2)cc1C. The molecule has 0 radical (unpaired) electrons. The molecule has 0 saturated heterocycles. The van der Waals surface area contributed by atoms with Gasteiger partial charge in [-0.2, -0.15) is 0 Å². The monoisotopic (exact) mass is 354 g/mol. The molecule has 3 aromatic rings. The van der Waals surface area contributed by atoms with E-state index in [2.05, 4.69) is 10.2 Å². The van der Waals surface area contributed by atoms with Crippen molar-refractivity contribution in [2.24, 2.45) is 0 Å². The number of hydrogen-bond donors (Lipinski definition) is 0. The second-order valence-corrected chi connectivity index (χ2v) is 5.86. The summed E-state index contributed by atoms with van der Waals surface area (Å²) in [5.41, 5.74) is 2.76. The first-order chi connectivity index (χ1) is 12.5. The zero-order chi connectivity index (χ0) is 18.5. The molecule has 0 saturated carbocycles. The maximum Gasteiger partial charge on any atom is 0.306 e. The molecule has 0 aliphatic rings. The Kier molecular flexibility index (Phi) is 5.26. The Bertz CT molecular complexity index is 912. The van der Waals surface area contributed by atoms with Gasteiger partial charge >= 0.3 is 5.97 Å². The molecule has 0 fully saturated rings. The average molecular weight is 354 g/mol. The standard InChI is InChI=1S/C19H18N2O5/c1-12-5-6-14(10-13(12)2)15(22)7-8-18(23)25-11-17-20-21-19(26-17)16-4-3-9-24-16/h3-6,9-10H,7-8,11H2,1-2H3. The van der Waals surface area contributed by atoms with Crippen LogP contribution < -0.4 is 0 Å². The van der Waals surface area contributed by atoms with E-state index in [1.807, 2.05) is 26.0 Å². The van der Waals surface area contributed by atoms with Crippen LogP contribution in [0.4, 0.5) is 0 Å². The summed E-state index contributed by atoms with van der Waals surface area (Å²) in [5, 5.41) is 7.59. The number of carbonyl (C=O) groups is 2. The normalized spacial score (nSPS) is 10.7. The van der Waals surface area contributed by atoms with Gasteiger partial charge in [-0.05, 0) is 43.2 Å². The van der Waals surface area contributed by atoms with E-state index in [0.29, 0.717) is 11.3 Å². The third kappa shape index (κ3) is 4.24. The highest BCUT2D eigenvalue weighted by Crippen LogP contribution is 2.18. The number of Topliss-reactive ketones (excluding diaryl/α,β-unsaturated/α-hetero) is 1. The number of furan rings is 1. The lowest BCUT2D eigenvalue weighted by Crippen LogP contribution is -2.08. The summed E-state index contributed by atoms with van der Waals surface area (Å²) in [6, 6.07) is 8.88. The molecular formula is C19H18N2O5. The molecule has 0 atom stereocenters. The summed E-state index contributed by atoms with van der Waals surface area (Å²) in [7, 11) is 0. The van der Waals surface area contributed by atoms with Crippen LogP contribution in [0.25, 0.3) is 11.7 Å². The Morgan fingerprint density at radius 3 is 2.65 bits per heavy atom. The van der Waals surface area contributed by atoms with Gasteiger partial charge in [0.25, 0.3) is 11.8 Å². The third-order valence-electron chi connectivity index (χ3n) is 3.94. The first-order valence-corrected chi connectivity index (χ1v) is 8.15. The molecule has 3 rings (SSSR count). The van der Waals surface area contributed by atoms with Crippen molar-refractivity contribution in [2.75, 3.05) is 0 Å². The fraction of sp³-hybridized carbons (Fsp3) is 0.263. The molecule has 0 spiro atoms. The molecule has 0 N–H and O–H groups in total. The van der Waals surface area contributed by atoms with Gasteiger partial charge in [0.05, 0.1) is 12.7 Å². The van der Waals surface area contributed by atoms with Crippen LogP contribution in [0.2, 0.25) is 0 Å². The zero-order valence-electron chi connectivity index (χ0n) is 14.5. The summed E-state index contributed by atoms with van der Waals surface area (Å²) in [6.45, 7) is 3.78. The first-order valence-electron chi connectivity index (χ1n) is 8.15. The van der Waals surface area contributed by atoms with Crippen molar-refractivity contribution < 1.29 is 23.2 Å². The van der Waals surface area contributed by atoms with E-state index >= 15 is 0 Å². The van der Waals surface area contributed by atoms with Gasteiger partial charge in [0.1, 0.15) is 0 Å². The van der Waals surface area contributed by atoms with Crippen molar-refractivity contribution in [3.05, 3.63) is 59.2 Å². The number of rotatable bonds is 7. The molecule has 2 aromatic heterocycles. The smallest absolute Gasteiger partial charge is 0.306 e. The Labute approximate surface area is 150 Å². The van der Waals surface area contributed by atoms with E-state index in [1.54, 1.807) is 18.2 Å².